The lowest BCUT2D eigenvalue weighted by Crippen LogP contribution is -2.50. The Morgan fingerprint density at radius 2 is 1.86 bits per heavy atom. The van der Waals surface area contributed by atoms with Gasteiger partial charge in [0.15, 0.2) is 0 Å². The van der Waals surface area contributed by atoms with Gasteiger partial charge in [-0.25, -0.2) is 0 Å². The van der Waals surface area contributed by atoms with Gasteiger partial charge in [0, 0.05) is 62.7 Å². The third-order valence-corrected chi connectivity index (χ3v) is 4.79. The molecule has 0 radical (unpaired) electrons. The zero-order valence-electron chi connectivity index (χ0n) is 15.5. The van der Waals surface area contributed by atoms with E-state index in [4.69, 9.17) is 16.1 Å². The second-order valence-electron chi connectivity index (χ2n) is 6.48. The van der Waals surface area contributed by atoms with Crippen molar-refractivity contribution in [2.45, 2.75) is 13.3 Å². The van der Waals surface area contributed by atoms with Gasteiger partial charge < -0.3 is 19.6 Å². The van der Waals surface area contributed by atoms with Crippen LogP contribution in [0.25, 0.3) is 11.3 Å². The molecule has 0 saturated carbocycles. The Bertz CT molecular complexity index is 874. The van der Waals surface area contributed by atoms with Crippen molar-refractivity contribution in [1.29, 1.82) is 0 Å². The molecule has 8 nitrogen and oxygen atoms in total. The van der Waals surface area contributed by atoms with Crippen molar-refractivity contribution in [2.75, 3.05) is 32.7 Å². The summed E-state index contributed by atoms with van der Waals surface area (Å²) in [4.78, 5) is 39.2. The number of halogens is 1. The predicted molar refractivity (Wildman–Crippen MR) is 103 cm³/mol. The first kappa shape index (κ1) is 19.9. The molecule has 28 heavy (non-hydrogen) atoms. The number of aromatic nitrogens is 1. The number of hydrogen-bond donors (Lipinski definition) is 1. The second kappa shape index (κ2) is 8.88. The average Bonchev–Trinajstić information content (AvgIpc) is 3.18. The molecule has 148 valence electrons. The number of piperazine rings is 1. The van der Waals surface area contributed by atoms with E-state index >= 15 is 0 Å². The Labute approximate surface area is 167 Å². The third-order valence-electron chi connectivity index (χ3n) is 4.56. The van der Waals surface area contributed by atoms with Crippen molar-refractivity contribution >= 4 is 29.3 Å². The van der Waals surface area contributed by atoms with Crippen LogP contribution in [0.15, 0.2) is 34.9 Å². The van der Waals surface area contributed by atoms with Crippen LogP contribution >= 0.6 is 11.6 Å². The minimum Gasteiger partial charge on any atom is -0.350 e. The molecule has 1 aliphatic heterocycles. The van der Waals surface area contributed by atoms with Crippen molar-refractivity contribution in [3.63, 3.8) is 0 Å². The van der Waals surface area contributed by atoms with Crippen molar-refractivity contribution < 1.29 is 18.9 Å². The summed E-state index contributed by atoms with van der Waals surface area (Å²) in [5, 5.41) is 7.11. The number of amides is 3. The van der Waals surface area contributed by atoms with Gasteiger partial charge in [-0.2, -0.15) is 0 Å². The fraction of sp³-hybridized carbons (Fsp3) is 0.368. The molecule has 1 aliphatic rings. The smallest absolute Gasteiger partial charge is 0.289 e. The standard InChI is InChI=1S/C19H21ClN4O4/c1-13(25)23-7-9-24(10-8-23)18(26)5-6-21-19(27)17-12-16(22-28-17)14-3-2-4-15(20)11-14/h2-4,11-12H,5-10H2,1H3,(H,21,27). The predicted octanol–water partition coefficient (Wildman–Crippen LogP) is 1.81. The first-order valence-electron chi connectivity index (χ1n) is 8.98. The van der Waals surface area contributed by atoms with E-state index in [2.05, 4.69) is 10.5 Å². The molecule has 3 amide bonds. The van der Waals surface area contributed by atoms with Crippen LogP contribution in [0.1, 0.15) is 23.9 Å². The lowest BCUT2D eigenvalue weighted by molar-refractivity contribution is -0.138. The molecule has 2 aromatic rings. The highest BCUT2D eigenvalue weighted by molar-refractivity contribution is 6.30. The van der Waals surface area contributed by atoms with Gasteiger partial charge in [-0.3, -0.25) is 14.4 Å². The summed E-state index contributed by atoms with van der Waals surface area (Å²) in [5.41, 5.74) is 1.25. The van der Waals surface area contributed by atoms with E-state index in [1.54, 1.807) is 28.0 Å². The summed E-state index contributed by atoms with van der Waals surface area (Å²) >= 11 is 5.96. The van der Waals surface area contributed by atoms with Crippen LogP contribution in [0.2, 0.25) is 5.02 Å². The maximum absolute atomic E-state index is 12.2. The Morgan fingerprint density at radius 1 is 1.14 bits per heavy atom. The molecule has 9 heteroatoms. The van der Waals surface area contributed by atoms with E-state index in [1.807, 2.05) is 6.07 Å². The first-order chi connectivity index (χ1) is 13.4. The number of hydrogen-bond acceptors (Lipinski definition) is 5. The van der Waals surface area contributed by atoms with E-state index in [0.717, 1.165) is 5.56 Å². The zero-order chi connectivity index (χ0) is 20.1. The topological polar surface area (TPSA) is 95.8 Å². The molecule has 0 aliphatic carbocycles. The summed E-state index contributed by atoms with van der Waals surface area (Å²) < 4.78 is 5.09. The van der Waals surface area contributed by atoms with Crippen molar-refractivity contribution in [3.05, 3.63) is 41.1 Å². The van der Waals surface area contributed by atoms with E-state index in [0.29, 0.717) is 36.9 Å². The van der Waals surface area contributed by atoms with Crippen LogP contribution < -0.4 is 5.32 Å². The Morgan fingerprint density at radius 3 is 2.54 bits per heavy atom. The molecule has 0 atom stereocenters. The van der Waals surface area contributed by atoms with Crippen LogP contribution in [0.3, 0.4) is 0 Å². The lowest BCUT2D eigenvalue weighted by Gasteiger charge is -2.34. The summed E-state index contributed by atoms with van der Waals surface area (Å²) in [7, 11) is 0. The molecule has 0 spiro atoms. The van der Waals surface area contributed by atoms with Gasteiger partial charge in [-0.1, -0.05) is 28.9 Å². The zero-order valence-corrected chi connectivity index (χ0v) is 16.2. The molecular weight excluding hydrogens is 384 g/mol. The number of carbonyl (C=O) groups is 3. The van der Waals surface area contributed by atoms with Gasteiger partial charge >= 0.3 is 0 Å². The monoisotopic (exact) mass is 404 g/mol. The molecule has 1 aromatic heterocycles. The van der Waals surface area contributed by atoms with Gasteiger partial charge in [0.25, 0.3) is 5.91 Å². The number of carbonyl (C=O) groups excluding carboxylic acids is 3. The van der Waals surface area contributed by atoms with E-state index in [1.165, 1.54) is 13.0 Å². The SMILES string of the molecule is CC(=O)N1CCN(C(=O)CCNC(=O)c2cc(-c3cccc(Cl)c3)no2)CC1. The highest BCUT2D eigenvalue weighted by Crippen LogP contribution is 2.22. The molecular formula is C19H21ClN4O4. The number of nitrogens with zero attached hydrogens (tertiary/aromatic N) is 3. The fourth-order valence-corrected chi connectivity index (χ4v) is 3.16. The molecule has 0 bridgehead atoms. The first-order valence-corrected chi connectivity index (χ1v) is 9.36. The van der Waals surface area contributed by atoms with Crippen LogP contribution in [0.4, 0.5) is 0 Å². The van der Waals surface area contributed by atoms with Gasteiger partial charge in [0.1, 0.15) is 5.69 Å². The lowest BCUT2D eigenvalue weighted by atomic mass is 10.1. The molecule has 1 fully saturated rings. The maximum atomic E-state index is 12.2. The number of nitrogens with one attached hydrogen (secondary N) is 1. The van der Waals surface area contributed by atoms with Gasteiger partial charge in [-0.15, -0.1) is 0 Å². The quantitative estimate of drug-likeness (QED) is 0.819. The maximum Gasteiger partial charge on any atom is 0.289 e. The minimum absolute atomic E-state index is 0.0172. The van der Waals surface area contributed by atoms with E-state index < -0.39 is 5.91 Å². The summed E-state index contributed by atoms with van der Waals surface area (Å²) in [6.45, 7) is 3.82. The van der Waals surface area contributed by atoms with Crippen LogP contribution in [0.5, 0.6) is 0 Å². The van der Waals surface area contributed by atoms with Crippen molar-refractivity contribution in [2.24, 2.45) is 0 Å². The van der Waals surface area contributed by atoms with Gasteiger partial charge in [0.05, 0.1) is 0 Å². The number of rotatable bonds is 5. The largest absolute Gasteiger partial charge is 0.350 e. The van der Waals surface area contributed by atoms with Crippen LogP contribution in [0, 0.1) is 0 Å². The van der Waals surface area contributed by atoms with Crippen LogP contribution in [-0.2, 0) is 9.59 Å². The number of benzene rings is 1. The molecule has 1 aromatic carbocycles. The second-order valence-corrected chi connectivity index (χ2v) is 6.92. The molecule has 2 heterocycles. The van der Waals surface area contributed by atoms with E-state index in [-0.39, 0.29) is 30.5 Å². The van der Waals surface area contributed by atoms with Crippen molar-refractivity contribution in [3.8, 4) is 11.3 Å². The summed E-state index contributed by atoms with van der Waals surface area (Å²) in [6.07, 6.45) is 0.182. The van der Waals surface area contributed by atoms with Gasteiger partial charge in [0.2, 0.25) is 17.6 Å². The molecule has 3 rings (SSSR count). The molecule has 1 N–H and O–H groups in total. The molecule has 0 unspecified atom stereocenters. The fourth-order valence-electron chi connectivity index (χ4n) is 2.97. The highest BCUT2D eigenvalue weighted by atomic mass is 35.5. The summed E-state index contributed by atoms with van der Waals surface area (Å²) in [5.74, 6) is -0.406. The highest BCUT2D eigenvalue weighted by Gasteiger charge is 2.22. The van der Waals surface area contributed by atoms with Crippen LogP contribution in [-0.4, -0.2) is 65.4 Å². The van der Waals surface area contributed by atoms with E-state index in [9.17, 15) is 14.4 Å². The normalized spacial score (nSPS) is 14.1. The Balaban J connectivity index is 1.46. The van der Waals surface area contributed by atoms with Gasteiger partial charge in [-0.05, 0) is 12.1 Å². The average molecular weight is 405 g/mol. The summed E-state index contributed by atoms with van der Waals surface area (Å²) in [6, 6.07) is 8.61. The minimum atomic E-state index is -0.435. The molecule has 1 saturated heterocycles. The third kappa shape index (κ3) is 4.89. The Hall–Kier alpha value is -2.87. The Kier molecular flexibility index (Phi) is 6.30. The van der Waals surface area contributed by atoms with Crippen molar-refractivity contribution in [1.82, 2.24) is 20.3 Å².